The number of aryl methyl sites for hydroxylation is 1. The fourth-order valence-electron chi connectivity index (χ4n) is 2.86. The predicted octanol–water partition coefficient (Wildman–Crippen LogP) is 1.97. The van der Waals surface area contributed by atoms with Gasteiger partial charge in [0.25, 0.3) is 5.56 Å². The number of pyridine rings is 1. The van der Waals surface area contributed by atoms with Gasteiger partial charge in [0.05, 0.1) is 12.8 Å². The minimum absolute atomic E-state index is 0.259. The van der Waals surface area contributed by atoms with Crippen molar-refractivity contribution in [1.82, 2.24) is 24.1 Å². The molecule has 0 unspecified atom stereocenters. The summed E-state index contributed by atoms with van der Waals surface area (Å²) in [7, 11) is 1.55. The average molecular weight is 410 g/mol. The number of anilines is 1. The zero-order valence-corrected chi connectivity index (χ0v) is 16.1. The third-order valence-corrected chi connectivity index (χ3v) is 4.60. The van der Waals surface area contributed by atoms with Gasteiger partial charge < -0.3 is 0 Å². The second kappa shape index (κ2) is 7.72. The van der Waals surface area contributed by atoms with Gasteiger partial charge in [0, 0.05) is 24.5 Å². The molecule has 0 saturated heterocycles. The predicted molar refractivity (Wildman–Crippen MR) is 112 cm³/mol. The zero-order chi connectivity index (χ0) is 20.4. The van der Waals surface area contributed by atoms with Crippen molar-refractivity contribution < 1.29 is 0 Å². The number of H-pyrrole nitrogens is 1. The molecule has 4 rings (SSSR count). The second-order valence-corrected chi connectivity index (χ2v) is 6.73. The molecule has 3 heterocycles. The molecule has 9 nitrogen and oxygen atoms in total. The summed E-state index contributed by atoms with van der Waals surface area (Å²) < 4.78 is 2.95. The van der Waals surface area contributed by atoms with Gasteiger partial charge >= 0.3 is 5.69 Å². The third kappa shape index (κ3) is 3.81. The number of fused-ring (bicyclic) bond motifs is 1. The largest absolute Gasteiger partial charge is 0.329 e. The molecule has 0 bridgehead atoms. The highest BCUT2D eigenvalue weighted by molar-refractivity contribution is 6.30. The van der Waals surface area contributed by atoms with Gasteiger partial charge in [-0.25, -0.2) is 10.2 Å². The molecule has 4 aromatic rings. The first-order chi connectivity index (χ1) is 14.0. The normalized spacial score (nSPS) is 11.4. The van der Waals surface area contributed by atoms with Crippen molar-refractivity contribution in [3.63, 3.8) is 0 Å². The van der Waals surface area contributed by atoms with Crippen LogP contribution in [0.4, 0.5) is 5.95 Å². The smallest absolute Gasteiger partial charge is 0.298 e. The minimum atomic E-state index is -0.537. The number of imidazole rings is 1. The van der Waals surface area contributed by atoms with Crippen LogP contribution in [0.3, 0.4) is 0 Å². The van der Waals surface area contributed by atoms with Gasteiger partial charge in [-0.05, 0) is 35.4 Å². The molecule has 29 heavy (non-hydrogen) atoms. The Morgan fingerprint density at radius 1 is 1.17 bits per heavy atom. The fourth-order valence-corrected chi connectivity index (χ4v) is 2.99. The average Bonchev–Trinajstić information content (AvgIpc) is 3.08. The van der Waals surface area contributed by atoms with E-state index in [0.717, 1.165) is 11.1 Å². The zero-order valence-electron chi connectivity index (χ0n) is 15.3. The Balaban J connectivity index is 1.79. The summed E-state index contributed by atoms with van der Waals surface area (Å²) in [4.78, 5) is 35.1. The van der Waals surface area contributed by atoms with Gasteiger partial charge in [-0.2, -0.15) is 10.1 Å². The summed E-state index contributed by atoms with van der Waals surface area (Å²) in [5, 5.41) is 4.81. The maximum absolute atomic E-state index is 12.5. The van der Waals surface area contributed by atoms with Gasteiger partial charge in [-0.15, -0.1) is 0 Å². The number of nitrogens with zero attached hydrogens (tertiary/aromatic N) is 5. The lowest BCUT2D eigenvalue weighted by Crippen LogP contribution is -2.29. The Labute approximate surface area is 169 Å². The van der Waals surface area contributed by atoms with E-state index in [1.807, 2.05) is 12.1 Å². The van der Waals surface area contributed by atoms with Crippen LogP contribution in [0.1, 0.15) is 11.1 Å². The van der Waals surface area contributed by atoms with E-state index >= 15 is 0 Å². The van der Waals surface area contributed by atoms with Crippen LogP contribution in [-0.2, 0) is 13.6 Å². The molecule has 146 valence electrons. The van der Waals surface area contributed by atoms with Crippen LogP contribution in [-0.4, -0.2) is 30.3 Å². The highest BCUT2D eigenvalue weighted by atomic mass is 35.5. The molecular formula is C19H16ClN7O2. The van der Waals surface area contributed by atoms with E-state index in [9.17, 15) is 9.59 Å². The number of hydrazone groups is 1. The summed E-state index contributed by atoms with van der Waals surface area (Å²) in [6, 6.07) is 10.9. The molecule has 0 aliphatic heterocycles. The molecule has 10 heteroatoms. The summed E-state index contributed by atoms with van der Waals surface area (Å²) in [5.74, 6) is 0.326. The Kier molecular flexibility index (Phi) is 4.96. The lowest BCUT2D eigenvalue weighted by atomic mass is 10.2. The van der Waals surface area contributed by atoms with Crippen LogP contribution in [0.2, 0.25) is 5.02 Å². The van der Waals surface area contributed by atoms with Gasteiger partial charge in [-0.1, -0.05) is 23.7 Å². The monoisotopic (exact) mass is 409 g/mol. The first-order valence-electron chi connectivity index (χ1n) is 8.66. The number of halogens is 1. The van der Waals surface area contributed by atoms with Crippen LogP contribution in [0.5, 0.6) is 0 Å². The van der Waals surface area contributed by atoms with Crippen molar-refractivity contribution in [1.29, 1.82) is 0 Å². The van der Waals surface area contributed by atoms with Crippen molar-refractivity contribution in [2.24, 2.45) is 12.1 Å². The second-order valence-electron chi connectivity index (χ2n) is 6.29. The first-order valence-corrected chi connectivity index (χ1v) is 9.04. The molecule has 0 saturated carbocycles. The standard InChI is InChI=1S/C19H16ClN7O2/c1-26-16-15(17(28)24-19(26)29)27(11-13-2-4-14(20)5-3-13)18(23-16)25-22-10-12-6-8-21-9-7-12/h2-10H,11H2,1H3,(H,23,25)(H,24,28,29)/b22-10+. The molecule has 0 spiro atoms. The number of rotatable bonds is 5. The van der Waals surface area contributed by atoms with Gasteiger partial charge in [0.2, 0.25) is 5.95 Å². The Morgan fingerprint density at radius 3 is 2.62 bits per heavy atom. The molecule has 0 amide bonds. The number of hydrogen-bond acceptors (Lipinski definition) is 6. The molecule has 0 radical (unpaired) electrons. The van der Waals surface area contributed by atoms with Crippen LogP contribution < -0.4 is 16.7 Å². The maximum Gasteiger partial charge on any atom is 0.329 e. The van der Waals surface area contributed by atoms with Crippen molar-refractivity contribution >= 4 is 34.9 Å². The SMILES string of the molecule is Cn1c(=O)[nH]c(=O)c2c1nc(N/N=C/c1ccncc1)n2Cc1ccc(Cl)cc1. The molecule has 2 N–H and O–H groups in total. The van der Waals surface area contributed by atoms with E-state index in [1.165, 1.54) is 4.57 Å². The molecule has 0 fully saturated rings. The minimum Gasteiger partial charge on any atom is -0.298 e. The lowest BCUT2D eigenvalue weighted by molar-refractivity contribution is 0.808. The highest BCUT2D eigenvalue weighted by Crippen LogP contribution is 2.19. The summed E-state index contributed by atoms with van der Waals surface area (Å²) >= 11 is 5.96. The molecule has 1 aromatic carbocycles. The van der Waals surface area contributed by atoms with Crippen LogP contribution in [0.15, 0.2) is 63.5 Å². The number of nitrogens with one attached hydrogen (secondary N) is 2. The Bertz CT molecular complexity index is 1300. The van der Waals surface area contributed by atoms with Gasteiger partial charge in [0.1, 0.15) is 0 Å². The van der Waals surface area contributed by atoms with E-state index in [1.54, 1.807) is 54.5 Å². The topological polar surface area (TPSA) is 110 Å². The molecule has 0 aliphatic rings. The number of aromatic nitrogens is 5. The first kappa shape index (κ1) is 18.6. The van der Waals surface area contributed by atoms with Crippen LogP contribution in [0.25, 0.3) is 11.2 Å². The van der Waals surface area contributed by atoms with E-state index < -0.39 is 11.2 Å². The van der Waals surface area contributed by atoms with Crippen molar-refractivity contribution in [2.45, 2.75) is 6.54 Å². The lowest BCUT2D eigenvalue weighted by Gasteiger charge is -2.08. The molecule has 0 aliphatic carbocycles. The number of aromatic amines is 1. The number of hydrogen-bond donors (Lipinski definition) is 2. The maximum atomic E-state index is 12.5. The summed E-state index contributed by atoms with van der Waals surface area (Å²) in [5.41, 5.74) is 4.09. The van der Waals surface area contributed by atoms with Crippen molar-refractivity contribution in [2.75, 3.05) is 5.43 Å². The van der Waals surface area contributed by atoms with Crippen LogP contribution in [0, 0.1) is 0 Å². The van der Waals surface area contributed by atoms with E-state index in [0.29, 0.717) is 17.5 Å². The van der Waals surface area contributed by atoms with E-state index in [2.05, 4.69) is 25.5 Å². The fraction of sp³-hybridized carbons (Fsp3) is 0.105. The summed E-state index contributed by atoms with van der Waals surface area (Å²) in [6.45, 7) is 0.335. The quantitative estimate of drug-likeness (QED) is 0.387. The van der Waals surface area contributed by atoms with Crippen LogP contribution >= 0.6 is 11.6 Å². The van der Waals surface area contributed by atoms with E-state index in [-0.39, 0.29) is 11.2 Å². The third-order valence-electron chi connectivity index (χ3n) is 4.35. The number of benzene rings is 1. The van der Waals surface area contributed by atoms with Crippen molar-refractivity contribution in [3.8, 4) is 0 Å². The summed E-state index contributed by atoms with van der Waals surface area (Å²) in [6.07, 6.45) is 4.93. The van der Waals surface area contributed by atoms with E-state index in [4.69, 9.17) is 11.6 Å². The Morgan fingerprint density at radius 2 is 1.90 bits per heavy atom. The van der Waals surface area contributed by atoms with Gasteiger partial charge in [0.15, 0.2) is 11.2 Å². The highest BCUT2D eigenvalue weighted by Gasteiger charge is 2.17. The molecule has 3 aromatic heterocycles. The Hall–Kier alpha value is -3.72. The van der Waals surface area contributed by atoms with Gasteiger partial charge in [-0.3, -0.25) is 23.9 Å². The molecular weight excluding hydrogens is 394 g/mol. The molecule has 0 atom stereocenters. The van der Waals surface area contributed by atoms with Crippen molar-refractivity contribution in [3.05, 3.63) is 85.8 Å².